The van der Waals surface area contributed by atoms with Crippen molar-refractivity contribution in [1.29, 1.82) is 0 Å². The lowest BCUT2D eigenvalue weighted by Gasteiger charge is -2.30. The summed E-state index contributed by atoms with van der Waals surface area (Å²) in [7, 11) is 0. The van der Waals surface area contributed by atoms with Gasteiger partial charge in [0.05, 0.1) is 28.6 Å². The molecule has 2 aliphatic rings. The summed E-state index contributed by atoms with van der Waals surface area (Å²) in [6.45, 7) is 3.53. The lowest BCUT2D eigenvalue weighted by molar-refractivity contribution is 0.172. The van der Waals surface area contributed by atoms with Crippen molar-refractivity contribution in [3.8, 4) is 0 Å². The summed E-state index contributed by atoms with van der Waals surface area (Å²) in [6.07, 6.45) is 7.40. The largest absolute Gasteiger partial charge is 0.385 e. The molecule has 0 unspecified atom stereocenters. The number of halogens is 1. The van der Waals surface area contributed by atoms with Crippen LogP contribution in [0.4, 0.5) is 4.39 Å². The van der Waals surface area contributed by atoms with E-state index >= 15 is 0 Å². The maximum Gasteiger partial charge on any atom is 0.138 e. The van der Waals surface area contributed by atoms with E-state index in [0.29, 0.717) is 5.82 Å². The van der Waals surface area contributed by atoms with Crippen LogP contribution in [0, 0.1) is 5.92 Å². The average Bonchev–Trinajstić information content (AvgIpc) is 3.48. The molecule has 1 aliphatic heterocycles. The van der Waals surface area contributed by atoms with Gasteiger partial charge in [0.2, 0.25) is 0 Å². The molecule has 28 heavy (non-hydrogen) atoms. The lowest BCUT2D eigenvalue weighted by atomic mass is 9.86. The molecule has 1 saturated carbocycles. The molecule has 1 aliphatic carbocycles. The predicted molar refractivity (Wildman–Crippen MR) is 111 cm³/mol. The highest BCUT2D eigenvalue weighted by Gasteiger charge is 2.28. The summed E-state index contributed by atoms with van der Waals surface area (Å²) in [5.74, 6) is 0.894. The Morgan fingerprint density at radius 3 is 2.61 bits per heavy atom. The highest BCUT2D eigenvalue weighted by molar-refractivity contribution is 7.18. The number of nitrogens with zero attached hydrogens (tertiary/aromatic N) is 3. The molecule has 5 nitrogen and oxygen atoms in total. The van der Waals surface area contributed by atoms with Crippen LogP contribution in [0.2, 0.25) is 0 Å². The number of hydrogen-bond acceptors (Lipinski definition) is 5. The molecular weight excluding hydrogens is 377 g/mol. The fourth-order valence-electron chi connectivity index (χ4n) is 4.23. The summed E-state index contributed by atoms with van der Waals surface area (Å²) in [6, 6.07) is 2.29. The van der Waals surface area contributed by atoms with Crippen molar-refractivity contribution in [1.82, 2.24) is 14.5 Å². The predicted octanol–water partition coefficient (Wildman–Crippen LogP) is 5.20. The Bertz CT molecular complexity index is 903. The van der Waals surface area contributed by atoms with Gasteiger partial charge >= 0.3 is 0 Å². The van der Waals surface area contributed by atoms with Crippen LogP contribution in [0.5, 0.6) is 0 Å². The van der Waals surface area contributed by atoms with Gasteiger partial charge in [-0.25, -0.2) is 4.98 Å². The molecule has 0 bridgehead atoms. The summed E-state index contributed by atoms with van der Waals surface area (Å²) in [5, 5.41) is 12.2. The molecule has 152 valence electrons. The molecule has 0 amide bonds. The van der Waals surface area contributed by atoms with Crippen molar-refractivity contribution >= 4 is 32.6 Å². The fraction of sp³-hybridized carbons (Fsp3) is 0.619. The second kappa shape index (κ2) is 8.84. The Kier molecular flexibility index (Phi) is 6.23. The zero-order chi connectivity index (χ0) is 19.5. The van der Waals surface area contributed by atoms with E-state index in [1.807, 2.05) is 11.4 Å². The first-order chi connectivity index (χ1) is 13.7. The third-order valence-corrected chi connectivity index (χ3v) is 6.66. The van der Waals surface area contributed by atoms with E-state index in [4.69, 9.17) is 4.74 Å². The van der Waals surface area contributed by atoms with E-state index in [2.05, 4.69) is 14.5 Å². The molecule has 0 aromatic carbocycles. The Hall–Kier alpha value is -1.57. The number of aromatic nitrogens is 3. The number of rotatable bonds is 3. The maximum atomic E-state index is 12.9. The number of thiophene rings is 1. The smallest absolute Gasteiger partial charge is 0.138 e. The van der Waals surface area contributed by atoms with Crippen molar-refractivity contribution in [3.63, 3.8) is 0 Å². The topological polar surface area (TPSA) is 60.2 Å². The second-order valence-electron chi connectivity index (χ2n) is 7.79. The molecular formula is C21H28FN3O2S. The van der Waals surface area contributed by atoms with Gasteiger partial charge in [-0.3, -0.25) is 9.37 Å². The number of alkyl halides is 1. The first kappa shape index (κ1) is 19.7. The summed E-state index contributed by atoms with van der Waals surface area (Å²) < 4.78 is 21.2. The highest BCUT2D eigenvalue weighted by Crippen LogP contribution is 2.39. The van der Waals surface area contributed by atoms with Crippen LogP contribution >= 0.6 is 11.3 Å². The molecule has 5 rings (SSSR count). The summed E-state index contributed by atoms with van der Waals surface area (Å²) >= 11 is 1.66. The Labute approximate surface area is 168 Å². The second-order valence-corrected chi connectivity index (χ2v) is 8.71. The van der Waals surface area contributed by atoms with Crippen LogP contribution in [0.1, 0.15) is 63.4 Å². The minimum Gasteiger partial charge on any atom is -0.385 e. The van der Waals surface area contributed by atoms with Gasteiger partial charge in [-0.1, -0.05) is 0 Å². The summed E-state index contributed by atoms with van der Waals surface area (Å²) in [5.41, 5.74) is 2.88. The number of aliphatic hydroxyl groups excluding tert-OH is 1. The van der Waals surface area contributed by atoms with Crippen LogP contribution in [0.15, 0.2) is 17.6 Å². The first-order valence-electron chi connectivity index (χ1n) is 10.2. The van der Waals surface area contributed by atoms with E-state index in [9.17, 15) is 9.50 Å². The quantitative estimate of drug-likeness (QED) is 0.651. The van der Waals surface area contributed by atoms with Gasteiger partial charge < -0.3 is 14.4 Å². The molecule has 1 atom stereocenters. The van der Waals surface area contributed by atoms with Crippen molar-refractivity contribution in [2.24, 2.45) is 5.92 Å². The number of ether oxygens (including phenoxy) is 1. The average molecular weight is 406 g/mol. The molecule has 2 fully saturated rings. The monoisotopic (exact) mass is 405 g/mol. The molecule has 1 saturated heterocycles. The number of aliphatic hydroxyl groups is 1. The van der Waals surface area contributed by atoms with Crippen molar-refractivity contribution in [2.75, 3.05) is 19.9 Å². The van der Waals surface area contributed by atoms with E-state index in [1.54, 1.807) is 24.5 Å². The van der Waals surface area contributed by atoms with Gasteiger partial charge in [0.25, 0.3) is 0 Å². The van der Waals surface area contributed by atoms with Crippen molar-refractivity contribution in [3.05, 3.63) is 23.5 Å². The van der Waals surface area contributed by atoms with Crippen LogP contribution in [-0.2, 0) is 4.74 Å². The van der Waals surface area contributed by atoms with Crippen LogP contribution in [0.25, 0.3) is 21.3 Å². The van der Waals surface area contributed by atoms with Gasteiger partial charge in [0, 0.05) is 19.3 Å². The molecule has 1 N–H and O–H groups in total. The Balaban J connectivity index is 0.000000336. The number of fused-ring (bicyclic) bond motifs is 3. The van der Waals surface area contributed by atoms with E-state index in [0.717, 1.165) is 60.1 Å². The van der Waals surface area contributed by atoms with Crippen molar-refractivity contribution < 1.29 is 14.2 Å². The minimum atomic E-state index is -0.628. The van der Waals surface area contributed by atoms with Crippen LogP contribution in [-0.4, -0.2) is 39.5 Å². The highest BCUT2D eigenvalue weighted by atomic mass is 32.1. The van der Waals surface area contributed by atoms with Crippen molar-refractivity contribution in [2.45, 2.75) is 57.6 Å². The third kappa shape index (κ3) is 3.93. The fourth-order valence-corrected chi connectivity index (χ4v) is 5.12. The van der Waals surface area contributed by atoms with Gasteiger partial charge in [0.15, 0.2) is 0 Å². The zero-order valence-corrected chi connectivity index (χ0v) is 17.1. The minimum absolute atomic E-state index is 0.194. The number of hydrogen-bond donors (Lipinski definition) is 1. The van der Waals surface area contributed by atoms with E-state index in [1.165, 1.54) is 12.8 Å². The zero-order valence-electron chi connectivity index (χ0n) is 16.3. The number of imidazole rings is 1. The molecule has 3 aromatic heterocycles. The molecule has 3 aromatic rings. The molecule has 7 heteroatoms. The lowest BCUT2D eigenvalue weighted by Crippen LogP contribution is -2.21. The van der Waals surface area contributed by atoms with E-state index < -0.39 is 6.10 Å². The summed E-state index contributed by atoms with van der Waals surface area (Å²) in [4.78, 5) is 9.10. The first-order valence-corrected chi connectivity index (χ1v) is 11.1. The van der Waals surface area contributed by atoms with Gasteiger partial charge in [-0.2, -0.15) is 0 Å². The Morgan fingerprint density at radius 1 is 1.25 bits per heavy atom. The standard InChI is InChI=1S/C17H20FN3OS.C4H8O/c1-10(22)17-20-14-9-19-13-6-7-23-16(13)15(14)21(17)12-4-2-11(8-18)3-5-12;1-2-4-5-3-1/h6-7,9-12,22H,2-5,8H2,1H3;1-4H2/t10-,11?,12?;/m1./s1. The molecule has 0 radical (unpaired) electrons. The molecule has 0 spiro atoms. The SMILES string of the molecule is C1CCOC1.C[C@@H](O)c1nc2cnc3ccsc3c2n1C1CCC(CF)CC1. The van der Waals surface area contributed by atoms with E-state index in [-0.39, 0.29) is 18.6 Å². The Morgan fingerprint density at radius 2 is 2.00 bits per heavy atom. The van der Waals surface area contributed by atoms with Gasteiger partial charge in [-0.15, -0.1) is 11.3 Å². The van der Waals surface area contributed by atoms with Gasteiger partial charge in [0.1, 0.15) is 17.4 Å². The third-order valence-electron chi connectivity index (χ3n) is 5.75. The van der Waals surface area contributed by atoms with Crippen LogP contribution in [0.3, 0.4) is 0 Å². The number of pyridine rings is 1. The van der Waals surface area contributed by atoms with Crippen LogP contribution < -0.4 is 0 Å². The molecule has 4 heterocycles. The van der Waals surface area contributed by atoms with Gasteiger partial charge in [-0.05, 0) is 62.8 Å². The normalized spacial score (nSPS) is 23.7. The maximum absolute atomic E-state index is 12.9.